The van der Waals surface area contributed by atoms with Crippen LogP contribution < -0.4 is 28.6 Å². The van der Waals surface area contributed by atoms with Crippen LogP contribution >= 0.6 is 0 Å². The van der Waals surface area contributed by atoms with Crippen molar-refractivity contribution in [2.24, 2.45) is 0 Å². The van der Waals surface area contributed by atoms with Crippen molar-refractivity contribution >= 4 is 5.97 Å². The maximum atomic E-state index is 11.5. The second kappa shape index (κ2) is 45.8. The Morgan fingerprint density at radius 1 is 0.367 bits per heavy atom. The normalized spacial score (nSPS) is 10.4. The van der Waals surface area contributed by atoms with Crippen molar-refractivity contribution in [3.8, 4) is 58.2 Å². The monoisotopic (exact) mass is 1100 g/mol. The molecule has 17 heteroatoms. The van der Waals surface area contributed by atoms with Crippen LogP contribution in [0.2, 0.25) is 0 Å². The maximum Gasteiger partial charge on any atom is 0.330 e. The first-order valence-corrected chi connectivity index (χ1v) is 26.7. The van der Waals surface area contributed by atoms with E-state index in [1.54, 1.807) is 30.4 Å². The molecule has 0 saturated carbocycles. The first-order valence-electron chi connectivity index (χ1n) is 26.7. The first kappa shape index (κ1) is 66.1. The van der Waals surface area contributed by atoms with Gasteiger partial charge in [0.1, 0.15) is 19.8 Å². The van der Waals surface area contributed by atoms with Crippen LogP contribution in [0.25, 0.3) is 0 Å². The van der Waals surface area contributed by atoms with E-state index < -0.39 is 5.97 Å². The van der Waals surface area contributed by atoms with Gasteiger partial charge in [-0.05, 0) is 126 Å². The lowest BCUT2D eigenvalue weighted by Gasteiger charge is -2.18. The fraction of sp³-hybridized carbons (Fsp3) is 0.435. The molecule has 79 heavy (non-hydrogen) atoms. The minimum atomic E-state index is -0.491. The lowest BCUT2D eigenvalue weighted by molar-refractivity contribution is -0.286. The van der Waals surface area contributed by atoms with Crippen molar-refractivity contribution in [3.05, 3.63) is 147 Å². The molecule has 0 atom stereocenters. The number of rotatable bonds is 49. The van der Waals surface area contributed by atoms with Crippen molar-refractivity contribution in [2.75, 3.05) is 99.1 Å². The number of hydrogen-bond donors (Lipinski definition) is 0. The molecule has 0 fully saturated rings. The van der Waals surface area contributed by atoms with Gasteiger partial charge >= 0.3 is 5.97 Å². The Kier molecular flexibility index (Phi) is 38.3. The predicted molar refractivity (Wildman–Crippen MR) is 301 cm³/mol. The fourth-order valence-electron chi connectivity index (χ4n) is 6.41. The van der Waals surface area contributed by atoms with E-state index >= 15 is 0 Å². The lowest BCUT2D eigenvalue weighted by Crippen LogP contribution is -2.09. The highest BCUT2D eigenvalue weighted by atomic mass is 17.2. The van der Waals surface area contributed by atoms with Gasteiger partial charge < -0.3 is 42.8 Å². The van der Waals surface area contributed by atoms with Crippen LogP contribution in [0.5, 0.6) is 34.5 Å². The standard InChI is InChI=1S/C62H80O17/c1-7-37-72-75-48-21-17-43-67-57-36-34-55(60(79-78-51-24-18-44-68-58(63)10-4)62(57)71-47-20-23-50-77-74-39-9-3)32-30-53-27-25-52(26-28-53)29-31-54-33-35-56(66-42-15-13-40-64-11-5)61(70-46-16-14-41-65-12-6)59(54)69-45-19-22-49-76-73-38-8-2/h7-12,25-28,33-36H,1-6,13-24,37-51H2. The van der Waals surface area contributed by atoms with Gasteiger partial charge in [-0.3, -0.25) is 0 Å². The summed E-state index contributed by atoms with van der Waals surface area (Å²) >= 11 is 0. The zero-order chi connectivity index (χ0) is 56.5. The molecule has 0 radical (unpaired) electrons. The highest BCUT2D eigenvalue weighted by Crippen LogP contribution is 2.42. The molecule has 0 saturated heterocycles. The zero-order valence-electron chi connectivity index (χ0n) is 45.9. The highest BCUT2D eigenvalue weighted by Gasteiger charge is 2.20. The molecular weight excluding hydrogens is 1020 g/mol. The van der Waals surface area contributed by atoms with Crippen LogP contribution in [-0.4, -0.2) is 105 Å². The summed E-state index contributed by atoms with van der Waals surface area (Å²) in [6.07, 6.45) is 16.9. The molecule has 0 heterocycles. The van der Waals surface area contributed by atoms with E-state index in [9.17, 15) is 4.79 Å². The van der Waals surface area contributed by atoms with Gasteiger partial charge in [-0.25, -0.2) is 34.1 Å². The first-order chi connectivity index (χ1) is 39.0. The fourth-order valence-corrected chi connectivity index (χ4v) is 6.41. The van der Waals surface area contributed by atoms with Gasteiger partial charge in [0.2, 0.25) is 17.2 Å². The van der Waals surface area contributed by atoms with Gasteiger partial charge in [-0.1, -0.05) is 61.6 Å². The molecule has 0 N–H and O–H groups in total. The molecule has 430 valence electrons. The van der Waals surface area contributed by atoms with E-state index in [0.29, 0.717) is 176 Å². The third-order valence-electron chi connectivity index (χ3n) is 10.4. The van der Waals surface area contributed by atoms with Crippen molar-refractivity contribution in [1.29, 1.82) is 0 Å². The quantitative estimate of drug-likeness (QED) is 0.00765. The molecule has 0 amide bonds. The smallest absolute Gasteiger partial charge is 0.330 e. The number of carbonyl (C=O) groups excluding carboxylic acids is 1. The zero-order valence-corrected chi connectivity index (χ0v) is 45.9. The predicted octanol–water partition coefficient (Wildman–Crippen LogP) is 11.8. The van der Waals surface area contributed by atoms with E-state index in [1.165, 1.54) is 12.5 Å². The number of unbranched alkanes of at least 4 members (excludes halogenated alkanes) is 6. The Morgan fingerprint density at radius 3 is 1.16 bits per heavy atom. The number of benzene rings is 3. The molecule has 3 aromatic rings. The van der Waals surface area contributed by atoms with Crippen LogP contribution in [0.3, 0.4) is 0 Å². The molecular formula is C62H80O17. The van der Waals surface area contributed by atoms with Crippen molar-refractivity contribution in [3.63, 3.8) is 0 Å². The van der Waals surface area contributed by atoms with Gasteiger partial charge in [0.15, 0.2) is 17.2 Å². The van der Waals surface area contributed by atoms with Gasteiger partial charge in [-0.2, -0.15) is 4.89 Å². The molecule has 0 aliphatic carbocycles. The molecule has 3 rings (SSSR count). The average molecular weight is 1100 g/mol. The van der Waals surface area contributed by atoms with Crippen molar-refractivity contribution in [2.45, 2.75) is 77.0 Å². The molecule has 0 aliphatic heterocycles. The molecule has 0 aromatic heterocycles. The summed E-state index contributed by atoms with van der Waals surface area (Å²) in [5, 5.41) is 0. The van der Waals surface area contributed by atoms with E-state index in [4.69, 9.17) is 77.0 Å². The minimum Gasteiger partial charge on any atom is -0.502 e. The Bertz CT molecular complexity index is 2320. The molecule has 17 nitrogen and oxygen atoms in total. The summed E-state index contributed by atoms with van der Waals surface area (Å²) in [5.41, 5.74) is 2.55. The molecule has 0 spiro atoms. The number of ether oxygens (including phenoxy) is 8. The second-order valence-electron chi connectivity index (χ2n) is 16.6. The van der Waals surface area contributed by atoms with Gasteiger partial charge in [0.05, 0.1) is 103 Å². The van der Waals surface area contributed by atoms with Gasteiger partial charge in [0, 0.05) is 17.2 Å². The molecule has 0 aliphatic rings. The Balaban J connectivity index is 1.95. The molecule has 0 unspecified atom stereocenters. The summed E-state index contributed by atoms with van der Waals surface area (Å²) in [4.78, 5) is 54.0. The van der Waals surface area contributed by atoms with E-state index in [0.717, 1.165) is 37.3 Å². The second-order valence-corrected chi connectivity index (χ2v) is 16.6. The van der Waals surface area contributed by atoms with Crippen LogP contribution in [0.1, 0.15) is 99.3 Å². The largest absolute Gasteiger partial charge is 0.502 e. The topological polar surface area (TPSA) is 165 Å². The van der Waals surface area contributed by atoms with Crippen molar-refractivity contribution < 1.29 is 81.8 Å². The summed E-state index contributed by atoms with van der Waals surface area (Å²) in [6, 6.07) is 14.9. The SMILES string of the molecule is C=CCOOCCCCOc1ccc(C#Cc2ccc(C#Cc3ccc(OCCCCOC=C)c(OCCCCOC=C)c3OCCCCOOCC=C)cc2)c(OOCCCCOC(=O)C=C)c1OCCCCOOCC=C. The Hall–Kier alpha value is -7.19. The average Bonchev–Trinajstić information content (AvgIpc) is 3.47. The van der Waals surface area contributed by atoms with E-state index in [-0.39, 0.29) is 25.6 Å². The number of esters is 1. The number of hydrogen-bond acceptors (Lipinski definition) is 17. The van der Waals surface area contributed by atoms with Crippen molar-refractivity contribution in [1.82, 2.24) is 0 Å². The summed E-state index contributed by atoms with van der Waals surface area (Å²) in [6.45, 7) is 26.9. The summed E-state index contributed by atoms with van der Waals surface area (Å²) in [7, 11) is 0. The van der Waals surface area contributed by atoms with Crippen LogP contribution in [0.15, 0.2) is 125 Å². The third kappa shape index (κ3) is 30.5. The van der Waals surface area contributed by atoms with Crippen LogP contribution in [0, 0.1) is 23.7 Å². The Morgan fingerprint density at radius 2 is 0.734 bits per heavy atom. The summed E-state index contributed by atoms with van der Waals surface area (Å²) < 4.78 is 47.5. The maximum absolute atomic E-state index is 11.5. The summed E-state index contributed by atoms with van der Waals surface area (Å²) in [5.74, 6) is 15.1. The van der Waals surface area contributed by atoms with Gasteiger partial charge in [0.25, 0.3) is 0 Å². The lowest BCUT2D eigenvalue weighted by atomic mass is 10.1. The van der Waals surface area contributed by atoms with Gasteiger partial charge in [-0.15, -0.1) is 19.7 Å². The highest BCUT2D eigenvalue weighted by molar-refractivity contribution is 5.81. The third-order valence-corrected chi connectivity index (χ3v) is 10.4. The van der Waals surface area contributed by atoms with E-state index in [2.05, 4.69) is 63.2 Å². The molecule has 0 bridgehead atoms. The molecule has 3 aromatic carbocycles. The van der Waals surface area contributed by atoms with Crippen LogP contribution in [-0.2, 0) is 53.2 Å². The van der Waals surface area contributed by atoms with Crippen LogP contribution in [0.4, 0.5) is 0 Å². The number of carbonyl (C=O) groups is 1. The minimum absolute atomic E-state index is 0.183. The Labute approximate surface area is 467 Å². The van der Waals surface area contributed by atoms with E-state index in [1.807, 2.05) is 36.4 Å².